The zero-order valence-corrected chi connectivity index (χ0v) is 17.7. The van der Waals surface area contributed by atoms with Crippen molar-refractivity contribution in [2.75, 3.05) is 32.8 Å². The lowest BCUT2D eigenvalue weighted by molar-refractivity contribution is 0.129. The molecule has 0 aliphatic carbocycles. The van der Waals surface area contributed by atoms with Crippen molar-refractivity contribution in [3.63, 3.8) is 0 Å². The SMILES string of the molecule is CCCCCCCCOCCCN=C(NCC)NCCn1cnnc1CC. The molecule has 0 saturated heterocycles. The van der Waals surface area contributed by atoms with Crippen molar-refractivity contribution in [1.82, 2.24) is 25.4 Å². The molecular formula is C20H40N6O. The first-order valence-electron chi connectivity index (χ1n) is 10.8. The maximum Gasteiger partial charge on any atom is 0.191 e. The quantitative estimate of drug-likeness (QED) is 0.262. The van der Waals surface area contributed by atoms with Crippen molar-refractivity contribution in [2.45, 2.75) is 78.7 Å². The normalized spacial score (nSPS) is 11.7. The Labute approximate surface area is 165 Å². The van der Waals surface area contributed by atoms with Gasteiger partial charge in [0.2, 0.25) is 0 Å². The Morgan fingerprint density at radius 3 is 2.59 bits per heavy atom. The minimum atomic E-state index is 0.776. The number of unbranched alkanes of at least 4 members (excludes halogenated alkanes) is 5. The third-order valence-corrected chi connectivity index (χ3v) is 4.36. The van der Waals surface area contributed by atoms with E-state index in [1.807, 2.05) is 0 Å². The monoisotopic (exact) mass is 380 g/mol. The molecule has 1 rings (SSSR count). The molecule has 0 radical (unpaired) electrons. The highest BCUT2D eigenvalue weighted by atomic mass is 16.5. The minimum Gasteiger partial charge on any atom is -0.381 e. The molecule has 7 heteroatoms. The van der Waals surface area contributed by atoms with Crippen LogP contribution in [0.2, 0.25) is 0 Å². The number of nitrogens with one attached hydrogen (secondary N) is 2. The molecule has 0 spiro atoms. The number of hydrogen-bond acceptors (Lipinski definition) is 4. The maximum atomic E-state index is 5.71. The second-order valence-electron chi connectivity index (χ2n) is 6.72. The Bertz CT molecular complexity index is 489. The van der Waals surface area contributed by atoms with E-state index in [-0.39, 0.29) is 0 Å². The van der Waals surface area contributed by atoms with Gasteiger partial charge in [0.15, 0.2) is 5.96 Å². The van der Waals surface area contributed by atoms with Crippen LogP contribution in [-0.4, -0.2) is 53.6 Å². The topological polar surface area (TPSA) is 76.4 Å². The van der Waals surface area contributed by atoms with Crippen LogP contribution in [0.4, 0.5) is 0 Å². The van der Waals surface area contributed by atoms with Gasteiger partial charge in [0.05, 0.1) is 0 Å². The highest BCUT2D eigenvalue weighted by Crippen LogP contribution is 2.04. The van der Waals surface area contributed by atoms with Crippen molar-refractivity contribution >= 4 is 5.96 Å². The molecule has 0 unspecified atom stereocenters. The highest BCUT2D eigenvalue weighted by Gasteiger charge is 2.02. The van der Waals surface area contributed by atoms with Crippen molar-refractivity contribution in [2.24, 2.45) is 4.99 Å². The molecule has 1 aromatic rings. The van der Waals surface area contributed by atoms with Gasteiger partial charge in [-0.1, -0.05) is 46.0 Å². The number of aromatic nitrogens is 3. The van der Waals surface area contributed by atoms with Gasteiger partial charge in [-0.25, -0.2) is 0 Å². The Hall–Kier alpha value is -1.63. The molecule has 0 atom stereocenters. The Morgan fingerprint density at radius 1 is 1.04 bits per heavy atom. The molecule has 0 amide bonds. The van der Waals surface area contributed by atoms with E-state index in [1.54, 1.807) is 6.33 Å². The van der Waals surface area contributed by atoms with Crippen LogP contribution in [0.3, 0.4) is 0 Å². The van der Waals surface area contributed by atoms with E-state index in [4.69, 9.17) is 4.74 Å². The molecular weight excluding hydrogens is 340 g/mol. The Balaban J connectivity index is 2.09. The summed E-state index contributed by atoms with van der Waals surface area (Å²) in [7, 11) is 0. The molecule has 0 aliphatic rings. The summed E-state index contributed by atoms with van der Waals surface area (Å²) in [6.45, 7) is 11.4. The summed E-state index contributed by atoms with van der Waals surface area (Å²) in [4.78, 5) is 4.62. The van der Waals surface area contributed by atoms with Crippen molar-refractivity contribution in [3.8, 4) is 0 Å². The summed E-state index contributed by atoms with van der Waals surface area (Å²) in [6, 6.07) is 0. The van der Waals surface area contributed by atoms with Gasteiger partial charge in [-0.15, -0.1) is 10.2 Å². The number of nitrogens with zero attached hydrogens (tertiary/aromatic N) is 4. The lowest BCUT2D eigenvalue weighted by Crippen LogP contribution is -2.39. The van der Waals surface area contributed by atoms with Crippen LogP contribution >= 0.6 is 0 Å². The van der Waals surface area contributed by atoms with E-state index < -0.39 is 0 Å². The van der Waals surface area contributed by atoms with Gasteiger partial charge in [-0.3, -0.25) is 4.99 Å². The fraction of sp³-hybridized carbons (Fsp3) is 0.850. The molecule has 0 fully saturated rings. The zero-order valence-electron chi connectivity index (χ0n) is 17.7. The van der Waals surface area contributed by atoms with Gasteiger partial charge in [0.1, 0.15) is 12.2 Å². The summed E-state index contributed by atoms with van der Waals surface area (Å²) < 4.78 is 7.79. The van der Waals surface area contributed by atoms with Crippen molar-refractivity contribution in [1.29, 1.82) is 0 Å². The average molecular weight is 381 g/mol. The lowest BCUT2D eigenvalue weighted by atomic mass is 10.1. The molecule has 2 N–H and O–H groups in total. The van der Waals surface area contributed by atoms with E-state index in [0.29, 0.717) is 0 Å². The summed E-state index contributed by atoms with van der Waals surface area (Å²) in [5.74, 6) is 1.88. The fourth-order valence-corrected chi connectivity index (χ4v) is 2.82. The molecule has 1 heterocycles. The first kappa shape index (κ1) is 23.4. The molecule has 0 saturated carbocycles. The van der Waals surface area contributed by atoms with Crippen LogP contribution in [0, 0.1) is 0 Å². The molecule has 27 heavy (non-hydrogen) atoms. The van der Waals surface area contributed by atoms with Gasteiger partial charge in [0, 0.05) is 45.8 Å². The predicted molar refractivity (Wildman–Crippen MR) is 112 cm³/mol. The summed E-state index contributed by atoms with van der Waals surface area (Å²) in [5, 5.41) is 14.7. The largest absolute Gasteiger partial charge is 0.381 e. The van der Waals surface area contributed by atoms with Gasteiger partial charge in [-0.05, 0) is 19.8 Å². The smallest absolute Gasteiger partial charge is 0.191 e. The second-order valence-corrected chi connectivity index (χ2v) is 6.72. The molecule has 156 valence electrons. The standard InChI is InChI=1S/C20H40N6O/c1-4-7-8-9-10-11-16-27-17-12-13-22-20(21-6-3)23-14-15-26-18-24-25-19(26)5-2/h18H,4-17H2,1-3H3,(H2,21,22,23). The first-order valence-corrected chi connectivity index (χ1v) is 10.8. The van der Waals surface area contributed by atoms with Crippen molar-refractivity contribution in [3.05, 3.63) is 12.2 Å². The average Bonchev–Trinajstić information content (AvgIpc) is 3.13. The van der Waals surface area contributed by atoms with Crippen LogP contribution in [-0.2, 0) is 17.7 Å². The highest BCUT2D eigenvalue weighted by molar-refractivity contribution is 5.79. The number of aliphatic imine (C=N–C) groups is 1. The van der Waals surface area contributed by atoms with Crippen LogP contribution in [0.25, 0.3) is 0 Å². The van der Waals surface area contributed by atoms with Gasteiger partial charge >= 0.3 is 0 Å². The molecule has 0 bridgehead atoms. The third-order valence-electron chi connectivity index (χ3n) is 4.36. The molecule has 0 aliphatic heterocycles. The van der Waals surface area contributed by atoms with Crippen molar-refractivity contribution < 1.29 is 4.74 Å². The van der Waals surface area contributed by atoms with E-state index >= 15 is 0 Å². The predicted octanol–water partition coefficient (Wildman–Crippen LogP) is 3.16. The van der Waals surface area contributed by atoms with E-state index in [0.717, 1.165) is 64.0 Å². The second kappa shape index (κ2) is 16.5. The van der Waals surface area contributed by atoms with E-state index in [9.17, 15) is 0 Å². The molecule has 7 nitrogen and oxygen atoms in total. The minimum absolute atomic E-state index is 0.776. The van der Waals surface area contributed by atoms with Gasteiger partial charge in [-0.2, -0.15) is 0 Å². The lowest BCUT2D eigenvalue weighted by Gasteiger charge is -2.12. The summed E-state index contributed by atoms with van der Waals surface area (Å²) in [6.07, 6.45) is 11.5. The molecule has 1 aromatic heterocycles. The number of rotatable bonds is 16. The summed E-state index contributed by atoms with van der Waals surface area (Å²) >= 11 is 0. The van der Waals surface area contributed by atoms with Crippen LogP contribution in [0.1, 0.15) is 71.5 Å². The van der Waals surface area contributed by atoms with Crippen LogP contribution < -0.4 is 10.6 Å². The fourth-order valence-electron chi connectivity index (χ4n) is 2.82. The first-order chi connectivity index (χ1) is 13.3. The van der Waals surface area contributed by atoms with Gasteiger partial charge in [0.25, 0.3) is 0 Å². The van der Waals surface area contributed by atoms with E-state index in [2.05, 4.69) is 51.2 Å². The molecule has 0 aromatic carbocycles. The third kappa shape index (κ3) is 11.6. The number of guanidine groups is 1. The Kier molecular flexibility index (Phi) is 14.3. The maximum absolute atomic E-state index is 5.71. The number of aryl methyl sites for hydroxylation is 1. The van der Waals surface area contributed by atoms with Crippen LogP contribution in [0.15, 0.2) is 11.3 Å². The van der Waals surface area contributed by atoms with Gasteiger partial charge < -0.3 is 19.9 Å². The number of ether oxygens (including phenoxy) is 1. The number of hydrogen-bond donors (Lipinski definition) is 2. The van der Waals surface area contributed by atoms with Crippen LogP contribution in [0.5, 0.6) is 0 Å². The zero-order chi connectivity index (χ0) is 19.6. The Morgan fingerprint density at radius 2 is 1.81 bits per heavy atom. The summed E-state index contributed by atoms with van der Waals surface area (Å²) in [5.41, 5.74) is 0. The van der Waals surface area contributed by atoms with E-state index in [1.165, 1.54) is 38.5 Å².